The van der Waals surface area contributed by atoms with Crippen LogP contribution in [0.15, 0.2) is 48.5 Å². The van der Waals surface area contributed by atoms with E-state index >= 15 is 0 Å². The quantitative estimate of drug-likeness (QED) is 0.812. The minimum Gasteiger partial charge on any atom is -0.481 e. The van der Waals surface area contributed by atoms with Crippen molar-refractivity contribution in [3.05, 3.63) is 65.2 Å². The van der Waals surface area contributed by atoms with Crippen molar-refractivity contribution in [1.82, 2.24) is 0 Å². The fourth-order valence-corrected chi connectivity index (χ4v) is 3.70. The summed E-state index contributed by atoms with van der Waals surface area (Å²) in [5.41, 5.74) is 4.10. The number of hydrogen-bond donors (Lipinski definition) is 1. The molecule has 3 rings (SSSR count). The third-order valence-electron chi connectivity index (χ3n) is 5.21. The van der Waals surface area contributed by atoms with E-state index in [1.165, 1.54) is 11.1 Å². The Balaban J connectivity index is 1.77. The number of carbonyl (C=O) groups is 1. The van der Waals surface area contributed by atoms with E-state index in [2.05, 4.69) is 6.07 Å². The highest BCUT2D eigenvalue weighted by Gasteiger charge is 2.47. The summed E-state index contributed by atoms with van der Waals surface area (Å²) in [6, 6.07) is 14.8. The van der Waals surface area contributed by atoms with Gasteiger partial charge in [0.25, 0.3) is 0 Å². The second kappa shape index (κ2) is 7.62. The second-order valence-corrected chi connectivity index (χ2v) is 7.15. The SMILES string of the molecule is Cc1ccccc1Cc1ccc(N2C[C@@H](C(F)(F)F)CC2CC(=O)O)cc1. The van der Waals surface area contributed by atoms with Gasteiger partial charge in [-0.2, -0.15) is 13.2 Å². The maximum atomic E-state index is 13.1. The molecule has 1 aliphatic rings. The maximum absolute atomic E-state index is 13.1. The van der Waals surface area contributed by atoms with E-state index < -0.39 is 24.1 Å². The first-order chi connectivity index (χ1) is 12.7. The molecule has 0 saturated carbocycles. The largest absolute Gasteiger partial charge is 0.481 e. The molecule has 27 heavy (non-hydrogen) atoms. The molecule has 0 amide bonds. The molecule has 3 nitrogen and oxygen atoms in total. The van der Waals surface area contributed by atoms with Crippen molar-refractivity contribution < 1.29 is 23.1 Å². The van der Waals surface area contributed by atoms with E-state index in [1.807, 2.05) is 37.3 Å². The van der Waals surface area contributed by atoms with Crippen molar-refractivity contribution in [3.8, 4) is 0 Å². The number of anilines is 1. The van der Waals surface area contributed by atoms with Gasteiger partial charge in [-0.25, -0.2) is 0 Å². The predicted octanol–water partition coefficient (Wildman–Crippen LogP) is 4.82. The molecule has 2 atom stereocenters. The third-order valence-corrected chi connectivity index (χ3v) is 5.21. The highest BCUT2D eigenvalue weighted by molar-refractivity contribution is 5.69. The Morgan fingerprint density at radius 2 is 1.81 bits per heavy atom. The van der Waals surface area contributed by atoms with E-state index in [4.69, 9.17) is 5.11 Å². The van der Waals surface area contributed by atoms with Crippen molar-refractivity contribution in [2.24, 2.45) is 5.92 Å². The van der Waals surface area contributed by atoms with Gasteiger partial charge in [0.15, 0.2) is 0 Å². The summed E-state index contributed by atoms with van der Waals surface area (Å²) in [5, 5.41) is 9.05. The topological polar surface area (TPSA) is 40.5 Å². The van der Waals surface area contributed by atoms with Crippen LogP contribution in [0.2, 0.25) is 0 Å². The molecule has 1 saturated heterocycles. The molecular weight excluding hydrogens is 355 g/mol. The number of carboxylic acids is 1. The smallest absolute Gasteiger partial charge is 0.393 e. The van der Waals surface area contributed by atoms with E-state index in [9.17, 15) is 18.0 Å². The van der Waals surface area contributed by atoms with Crippen molar-refractivity contribution in [1.29, 1.82) is 0 Å². The molecule has 2 aromatic rings. The molecule has 0 aromatic heterocycles. The highest BCUT2D eigenvalue weighted by Crippen LogP contribution is 2.39. The first kappa shape index (κ1) is 19.3. The zero-order valence-electron chi connectivity index (χ0n) is 15.0. The number of halogens is 3. The van der Waals surface area contributed by atoms with Gasteiger partial charge in [-0.3, -0.25) is 4.79 Å². The van der Waals surface area contributed by atoms with Gasteiger partial charge in [-0.1, -0.05) is 36.4 Å². The van der Waals surface area contributed by atoms with Crippen LogP contribution in [0.1, 0.15) is 29.5 Å². The van der Waals surface area contributed by atoms with Gasteiger partial charge >= 0.3 is 12.1 Å². The van der Waals surface area contributed by atoms with Gasteiger partial charge in [0, 0.05) is 18.3 Å². The van der Waals surface area contributed by atoms with Gasteiger partial charge < -0.3 is 10.0 Å². The maximum Gasteiger partial charge on any atom is 0.393 e. The van der Waals surface area contributed by atoms with Crippen molar-refractivity contribution >= 4 is 11.7 Å². The highest BCUT2D eigenvalue weighted by atomic mass is 19.4. The van der Waals surface area contributed by atoms with Gasteiger partial charge in [0.1, 0.15) is 0 Å². The van der Waals surface area contributed by atoms with Gasteiger partial charge in [-0.05, 0) is 48.6 Å². The minimum absolute atomic E-state index is 0.180. The number of aliphatic carboxylic acids is 1. The third kappa shape index (κ3) is 4.62. The van der Waals surface area contributed by atoms with Crippen molar-refractivity contribution in [3.63, 3.8) is 0 Å². The lowest BCUT2D eigenvalue weighted by Crippen LogP contribution is -2.32. The van der Waals surface area contributed by atoms with Crippen LogP contribution >= 0.6 is 0 Å². The summed E-state index contributed by atoms with van der Waals surface area (Å²) < 4.78 is 39.4. The Morgan fingerprint density at radius 1 is 1.15 bits per heavy atom. The summed E-state index contributed by atoms with van der Waals surface area (Å²) >= 11 is 0. The summed E-state index contributed by atoms with van der Waals surface area (Å²) in [4.78, 5) is 12.7. The average molecular weight is 377 g/mol. The molecule has 2 aromatic carbocycles. The van der Waals surface area contributed by atoms with Crippen LogP contribution in [0.25, 0.3) is 0 Å². The average Bonchev–Trinajstić information content (AvgIpc) is 3.01. The molecule has 1 aliphatic heterocycles. The zero-order chi connectivity index (χ0) is 19.6. The lowest BCUT2D eigenvalue weighted by atomic mass is 10.0. The first-order valence-electron chi connectivity index (χ1n) is 8.92. The van der Waals surface area contributed by atoms with Crippen molar-refractivity contribution in [2.45, 2.75) is 38.4 Å². The van der Waals surface area contributed by atoms with Crippen LogP contribution in [0.4, 0.5) is 18.9 Å². The van der Waals surface area contributed by atoms with Crippen LogP contribution in [-0.4, -0.2) is 29.8 Å². The van der Waals surface area contributed by atoms with E-state index in [0.717, 1.165) is 12.0 Å². The van der Waals surface area contributed by atoms with Crippen LogP contribution in [0, 0.1) is 12.8 Å². The van der Waals surface area contributed by atoms with Gasteiger partial charge in [0.05, 0.1) is 12.3 Å². The molecule has 0 radical (unpaired) electrons. The van der Waals surface area contributed by atoms with Gasteiger partial charge in [0.2, 0.25) is 0 Å². The number of hydrogen-bond acceptors (Lipinski definition) is 2. The fourth-order valence-electron chi connectivity index (χ4n) is 3.70. The minimum atomic E-state index is -4.31. The van der Waals surface area contributed by atoms with Crippen LogP contribution in [0.3, 0.4) is 0 Å². The molecule has 1 fully saturated rings. The predicted molar refractivity (Wildman–Crippen MR) is 98.0 cm³/mol. The Hall–Kier alpha value is -2.50. The zero-order valence-corrected chi connectivity index (χ0v) is 15.0. The first-order valence-corrected chi connectivity index (χ1v) is 8.92. The van der Waals surface area contributed by atoms with Crippen LogP contribution < -0.4 is 4.90 Å². The summed E-state index contributed by atoms with van der Waals surface area (Å²) in [5.74, 6) is -2.57. The van der Waals surface area contributed by atoms with E-state index in [0.29, 0.717) is 5.69 Å². The standard InChI is InChI=1S/C21H22F3NO2/c1-14-4-2-3-5-16(14)10-15-6-8-18(9-7-15)25-13-17(21(22,23)24)11-19(25)12-20(26)27/h2-9,17,19H,10-13H2,1H3,(H,26,27)/t17-,19?/m0/s1. The van der Waals surface area contributed by atoms with E-state index in [-0.39, 0.29) is 19.4 Å². The number of alkyl halides is 3. The number of rotatable bonds is 5. The molecule has 1 unspecified atom stereocenters. The normalized spacial score (nSPS) is 20.1. The molecule has 144 valence electrons. The lowest BCUT2D eigenvalue weighted by Gasteiger charge is -2.26. The summed E-state index contributed by atoms with van der Waals surface area (Å²) in [6.45, 7) is 1.85. The molecule has 1 heterocycles. The van der Waals surface area contributed by atoms with Crippen LogP contribution in [0.5, 0.6) is 0 Å². The Morgan fingerprint density at radius 3 is 2.41 bits per heavy atom. The number of nitrogens with zero attached hydrogens (tertiary/aromatic N) is 1. The number of aryl methyl sites for hydroxylation is 1. The molecule has 1 N–H and O–H groups in total. The number of carboxylic acid groups (broad SMARTS) is 1. The summed E-state index contributed by atoms with van der Waals surface area (Å²) in [6.07, 6.45) is -4.04. The molecule has 0 aliphatic carbocycles. The molecular formula is C21H22F3NO2. The monoisotopic (exact) mass is 377 g/mol. The van der Waals surface area contributed by atoms with Crippen LogP contribution in [-0.2, 0) is 11.2 Å². The Bertz CT molecular complexity index is 802. The fraction of sp³-hybridized carbons (Fsp3) is 0.381. The van der Waals surface area contributed by atoms with Gasteiger partial charge in [-0.15, -0.1) is 0 Å². The lowest BCUT2D eigenvalue weighted by molar-refractivity contribution is -0.169. The summed E-state index contributed by atoms with van der Waals surface area (Å²) in [7, 11) is 0. The Kier molecular flexibility index (Phi) is 5.44. The molecule has 0 spiro atoms. The second-order valence-electron chi connectivity index (χ2n) is 7.15. The Labute approximate surface area is 156 Å². The van der Waals surface area contributed by atoms with Crippen molar-refractivity contribution in [2.75, 3.05) is 11.4 Å². The molecule has 0 bridgehead atoms. The number of benzene rings is 2. The molecule has 6 heteroatoms. The van der Waals surface area contributed by atoms with E-state index in [1.54, 1.807) is 17.0 Å².